The van der Waals surface area contributed by atoms with Gasteiger partial charge in [-0.2, -0.15) is 11.8 Å². The molecule has 26 heavy (non-hydrogen) atoms. The largest absolute Gasteiger partial charge is 0.497 e. The summed E-state index contributed by atoms with van der Waals surface area (Å²) in [6, 6.07) is 9.57. The molecule has 0 unspecified atom stereocenters. The number of aromatic nitrogens is 2. The van der Waals surface area contributed by atoms with Crippen molar-refractivity contribution >= 4 is 34.8 Å². The van der Waals surface area contributed by atoms with Crippen molar-refractivity contribution in [2.75, 3.05) is 18.2 Å². The maximum absolute atomic E-state index is 11.8. The quantitative estimate of drug-likeness (QED) is 0.576. The highest BCUT2D eigenvalue weighted by atomic mass is 32.2. The van der Waals surface area contributed by atoms with E-state index in [2.05, 4.69) is 20.8 Å². The third-order valence-electron chi connectivity index (χ3n) is 3.51. The average molecular weight is 390 g/mol. The van der Waals surface area contributed by atoms with Crippen molar-refractivity contribution in [2.24, 2.45) is 0 Å². The van der Waals surface area contributed by atoms with Crippen LogP contribution < -0.4 is 10.1 Å². The molecular weight excluding hydrogens is 370 g/mol. The average Bonchev–Trinajstić information content (AvgIpc) is 3.28. The van der Waals surface area contributed by atoms with Crippen LogP contribution in [-0.2, 0) is 10.5 Å². The number of hydrogen-bond acceptors (Lipinski definition) is 7. The second-order valence-electron chi connectivity index (χ2n) is 5.55. The molecule has 3 aromatic rings. The van der Waals surface area contributed by atoms with Gasteiger partial charge in [-0.25, -0.2) is 4.98 Å². The number of ether oxygens (including phenoxy) is 1. The molecule has 2 aromatic heterocycles. The zero-order valence-electron chi connectivity index (χ0n) is 14.5. The van der Waals surface area contributed by atoms with E-state index in [1.165, 1.54) is 0 Å². The number of rotatable bonds is 8. The Kier molecular flexibility index (Phi) is 6.30. The lowest BCUT2D eigenvalue weighted by Gasteiger charge is -2.01. The van der Waals surface area contributed by atoms with Crippen LogP contribution in [0.2, 0.25) is 0 Å². The van der Waals surface area contributed by atoms with Gasteiger partial charge < -0.3 is 14.6 Å². The highest BCUT2D eigenvalue weighted by molar-refractivity contribution is 7.98. The fraction of sp³-hybridized carbons (Fsp3) is 0.278. The molecule has 8 heteroatoms. The Bertz CT molecular complexity index is 859. The molecule has 1 amide bonds. The summed E-state index contributed by atoms with van der Waals surface area (Å²) in [7, 11) is 1.65. The number of amides is 1. The van der Waals surface area contributed by atoms with Crippen molar-refractivity contribution in [2.45, 2.75) is 19.1 Å². The normalized spacial score (nSPS) is 10.7. The number of nitrogens with one attached hydrogen (secondary N) is 1. The molecule has 0 atom stereocenters. The lowest BCUT2D eigenvalue weighted by atomic mass is 10.2. The fourth-order valence-electron chi connectivity index (χ4n) is 2.21. The van der Waals surface area contributed by atoms with Crippen molar-refractivity contribution in [1.82, 2.24) is 10.1 Å². The number of nitrogens with zero attached hydrogens (tertiary/aromatic N) is 2. The summed E-state index contributed by atoms with van der Waals surface area (Å²) in [6.45, 7) is 1.78. The van der Waals surface area contributed by atoms with Crippen LogP contribution in [0.4, 0.5) is 5.82 Å². The molecule has 0 bridgehead atoms. The van der Waals surface area contributed by atoms with Crippen molar-refractivity contribution < 1.29 is 14.1 Å². The Morgan fingerprint density at radius 1 is 1.35 bits per heavy atom. The Hall–Kier alpha value is -2.32. The summed E-state index contributed by atoms with van der Waals surface area (Å²) in [5, 5.41) is 9.51. The van der Waals surface area contributed by atoms with Crippen LogP contribution in [-0.4, -0.2) is 28.9 Å². The van der Waals surface area contributed by atoms with Crippen LogP contribution in [0.5, 0.6) is 5.75 Å². The topological polar surface area (TPSA) is 77.2 Å². The SMILES string of the molecule is COc1ccc(-c2nc(CSCCC(=O)Nc3cc(C)on3)cs2)cc1. The smallest absolute Gasteiger partial charge is 0.226 e. The number of carbonyl (C=O) groups is 1. The van der Waals surface area contributed by atoms with Crippen molar-refractivity contribution in [1.29, 1.82) is 0 Å². The summed E-state index contributed by atoms with van der Waals surface area (Å²) < 4.78 is 10.1. The minimum Gasteiger partial charge on any atom is -0.497 e. The van der Waals surface area contributed by atoms with Gasteiger partial charge in [0, 0.05) is 34.9 Å². The summed E-state index contributed by atoms with van der Waals surface area (Å²) in [6.07, 6.45) is 0.423. The lowest BCUT2D eigenvalue weighted by Crippen LogP contribution is -2.12. The maximum atomic E-state index is 11.8. The van der Waals surface area contributed by atoms with Crippen LogP contribution in [0.25, 0.3) is 10.6 Å². The number of thioether (sulfide) groups is 1. The Labute approximate surface area is 160 Å². The summed E-state index contributed by atoms with van der Waals surface area (Å²) in [5.74, 6) is 3.40. The minimum absolute atomic E-state index is 0.0667. The van der Waals surface area contributed by atoms with Gasteiger partial charge in [-0.3, -0.25) is 4.79 Å². The monoisotopic (exact) mass is 389 g/mol. The first-order valence-corrected chi connectivity index (χ1v) is 10.1. The van der Waals surface area contributed by atoms with E-state index < -0.39 is 0 Å². The predicted octanol–water partition coefficient (Wildman–Crippen LogP) is 4.38. The maximum Gasteiger partial charge on any atom is 0.226 e. The van der Waals surface area contributed by atoms with E-state index in [1.54, 1.807) is 43.2 Å². The molecule has 0 radical (unpaired) electrons. The number of hydrogen-bond donors (Lipinski definition) is 1. The van der Waals surface area contributed by atoms with E-state index in [0.29, 0.717) is 18.0 Å². The van der Waals surface area contributed by atoms with E-state index in [-0.39, 0.29) is 5.91 Å². The number of thiazole rings is 1. The van der Waals surface area contributed by atoms with Gasteiger partial charge >= 0.3 is 0 Å². The molecular formula is C18H19N3O3S2. The summed E-state index contributed by atoms with van der Waals surface area (Å²) >= 11 is 3.31. The van der Waals surface area contributed by atoms with E-state index in [4.69, 9.17) is 9.26 Å². The molecule has 0 aliphatic rings. The molecule has 0 fully saturated rings. The van der Waals surface area contributed by atoms with Gasteiger partial charge in [0.2, 0.25) is 5.91 Å². The fourth-order valence-corrected chi connectivity index (χ4v) is 3.97. The van der Waals surface area contributed by atoms with Crippen LogP contribution in [0.1, 0.15) is 17.9 Å². The van der Waals surface area contributed by atoms with E-state index in [0.717, 1.165) is 33.5 Å². The number of carbonyl (C=O) groups excluding carboxylic acids is 1. The molecule has 0 aliphatic carbocycles. The van der Waals surface area contributed by atoms with Crippen LogP contribution in [0.3, 0.4) is 0 Å². The Morgan fingerprint density at radius 3 is 2.85 bits per heavy atom. The van der Waals surface area contributed by atoms with Gasteiger partial charge in [-0.1, -0.05) is 5.16 Å². The third-order valence-corrected chi connectivity index (χ3v) is 5.44. The molecule has 6 nitrogen and oxygen atoms in total. The zero-order chi connectivity index (χ0) is 18.4. The molecule has 0 saturated heterocycles. The molecule has 2 heterocycles. The molecule has 0 saturated carbocycles. The minimum atomic E-state index is -0.0667. The van der Waals surface area contributed by atoms with Gasteiger partial charge in [0.25, 0.3) is 0 Å². The molecule has 0 spiro atoms. The first-order chi connectivity index (χ1) is 12.6. The van der Waals surface area contributed by atoms with Crippen molar-refractivity contribution in [3.05, 3.63) is 47.2 Å². The standard InChI is InChI=1S/C18H19N3O3S2/c1-12-9-16(21-24-12)20-17(22)7-8-25-10-14-11-26-18(19-14)13-3-5-15(23-2)6-4-13/h3-6,9,11H,7-8,10H2,1-2H3,(H,20,21,22). The van der Waals surface area contributed by atoms with Crippen molar-refractivity contribution in [3.8, 4) is 16.3 Å². The first-order valence-electron chi connectivity index (χ1n) is 8.04. The zero-order valence-corrected chi connectivity index (χ0v) is 16.2. The van der Waals surface area contributed by atoms with Gasteiger partial charge in [-0.05, 0) is 31.2 Å². The first kappa shape index (κ1) is 18.5. The molecule has 136 valence electrons. The van der Waals surface area contributed by atoms with E-state index in [1.807, 2.05) is 24.3 Å². The van der Waals surface area contributed by atoms with Gasteiger partial charge in [0.05, 0.1) is 12.8 Å². The highest BCUT2D eigenvalue weighted by Crippen LogP contribution is 2.27. The van der Waals surface area contributed by atoms with Crippen LogP contribution >= 0.6 is 23.1 Å². The van der Waals surface area contributed by atoms with E-state index in [9.17, 15) is 4.79 Å². The molecule has 1 N–H and O–H groups in total. The second-order valence-corrected chi connectivity index (χ2v) is 7.51. The molecule has 3 rings (SSSR count). The summed E-state index contributed by atoms with van der Waals surface area (Å²) in [4.78, 5) is 16.5. The second kappa shape index (κ2) is 8.86. The molecule has 0 aliphatic heterocycles. The lowest BCUT2D eigenvalue weighted by molar-refractivity contribution is -0.115. The van der Waals surface area contributed by atoms with Crippen LogP contribution in [0.15, 0.2) is 40.2 Å². The van der Waals surface area contributed by atoms with Gasteiger partial charge in [-0.15, -0.1) is 11.3 Å². The number of benzene rings is 1. The Balaban J connectivity index is 1.42. The van der Waals surface area contributed by atoms with Gasteiger partial charge in [0.15, 0.2) is 5.82 Å². The van der Waals surface area contributed by atoms with Crippen LogP contribution in [0, 0.1) is 6.92 Å². The predicted molar refractivity (Wildman–Crippen MR) is 105 cm³/mol. The highest BCUT2D eigenvalue weighted by Gasteiger charge is 2.08. The summed E-state index contributed by atoms with van der Waals surface area (Å²) in [5.41, 5.74) is 2.10. The Morgan fingerprint density at radius 2 is 2.15 bits per heavy atom. The number of methoxy groups -OCH3 is 1. The van der Waals surface area contributed by atoms with E-state index >= 15 is 0 Å². The number of aryl methyl sites for hydroxylation is 1. The number of anilines is 1. The third kappa shape index (κ3) is 5.09. The van der Waals surface area contributed by atoms with Gasteiger partial charge in [0.1, 0.15) is 16.5 Å². The van der Waals surface area contributed by atoms with Crippen molar-refractivity contribution in [3.63, 3.8) is 0 Å². The molecule has 1 aromatic carbocycles.